The Balaban J connectivity index is 2.45. The summed E-state index contributed by atoms with van der Waals surface area (Å²) in [6, 6.07) is 0. The van der Waals surface area contributed by atoms with Gasteiger partial charge in [-0.2, -0.15) is 0 Å². The van der Waals surface area contributed by atoms with Crippen molar-refractivity contribution in [3.8, 4) is 0 Å². The van der Waals surface area contributed by atoms with Crippen LogP contribution in [0.1, 0.15) is 19.3 Å². The molecule has 0 radical (unpaired) electrons. The number of halogens is 3. The topological polar surface area (TPSA) is 0 Å². The molecule has 0 aromatic heterocycles. The Hall–Kier alpha value is 0.990. The Labute approximate surface area is 83.3 Å². The van der Waals surface area contributed by atoms with Crippen molar-refractivity contribution < 1.29 is 0 Å². The minimum Gasteiger partial charge on any atom is -0.0895 e. The number of alkyl halides is 2. The van der Waals surface area contributed by atoms with Crippen LogP contribution in [0.5, 0.6) is 0 Å². The lowest BCUT2D eigenvalue weighted by molar-refractivity contribution is 0.520. The van der Waals surface area contributed by atoms with Crippen LogP contribution in [0.3, 0.4) is 0 Å². The van der Waals surface area contributed by atoms with Gasteiger partial charge in [0.15, 0.2) is 0 Å². The van der Waals surface area contributed by atoms with Crippen molar-refractivity contribution in [2.24, 2.45) is 5.92 Å². The van der Waals surface area contributed by atoms with Crippen LogP contribution in [0, 0.1) is 5.92 Å². The van der Waals surface area contributed by atoms with Gasteiger partial charge in [-0.1, -0.05) is 49.5 Å². The average Bonchev–Trinajstić information content (AvgIpc) is 1.88. The van der Waals surface area contributed by atoms with Crippen molar-refractivity contribution in [1.29, 1.82) is 0 Å². The lowest BCUT2D eigenvalue weighted by Gasteiger charge is -2.20. The molecular weight excluding hydrogens is 279 g/mol. The number of hydrogen-bond acceptors (Lipinski definition) is 0. The van der Waals surface area contributed by atoms with E-state index in [2.05, 4.69) is 37.9 Å². The third-order valence-corrected chi connectivity index (χ3v) is 3.52. The molecule has 0 saturated heterocycles. The van der Waals surface area contributed by atoms with E-state index >= 15 is 0 Å². The van der Waals surface area contributed by atoms with Gasteiger partial charge in [-0.3, -0.25) is 0 Å². The number of rotatable bonds is 1. The molecule has 0 fully saturated rings. The van der Waals surface area contributed by atoms with Gasteiger partial charge in [0.2, 0.25) is 0 Å². The molecule has 0 heterocycles. The van der Waals surface area contributed by atoms with E-state index in [1.165, 1.54) is 6.42 Å². The summed E-state index contributed by atoms with van der Waals surface area (Å²) in [6.07, 6.45) is 5.48. The Morgan fingerprint density at radius 1 is 1.60 bits per heavy atom. The SMILES string of the molecule is ClC1=CCC[C@@H](C(Br)Br)C1. The summed E-state index contributed by atoms with van der Waals surface area (Å²) in [6.45, 7) is 0. The average molecular weight is 288 g/mol. The van der Waals surface area contributed by atoms with Gasteiger partial charge in [0.1, 0.15) is 0 Å². The van der Waals surface area contributed by atoms with Gasteiger partial charge in [0.25, 0.3) is 0 Å². The molecule has 0 bridgehead atoms. The molecule has 10 heavy (non-hydrogen) atoms. The van der Waals surface area contributed by atoms with E-state index in [1.807, 2.05) is 0 Å². The molecule has 0 aliphatic heterocycles. The summed E-state index contributed by atoms with van der Waals surface area (Å²) in [5, 5.41) is 1.01. The van der Waals surface area contributed by atoms with Gasteiger partial charge in [-0.25, -0.2) is 0 Å². The van der Waals surface area contributed by atoms with E-state index in [1.54, 1.807) is 0 Å². The van der Waals surface area contributed by atoms with E-state index < -0.39 is 0 Å². The van der Waals surface area contributed by atoms with Crippen molar-refractivity contribution in [1.82, 2.24) is 0 Å². The number of hydrogen-bond donors (Lipinski definition) is 0. The fourth-order valence-electron chi connectivity index (χ4n) is 1.10. The smallest absolute Gasteiger partial charge is 0.0729 e. The Morgan fingerprint density at radius 3 is 2.70 bits per heavy atom. The van der Waals surface area contributed by atoms with Gasteiger partial charge in [0.05, 0.1) is 3.74 Å². The second-order valence-electron chi connectivity index (χ2n) is 2.53. The summed E-state index contributed by atoms with van der Waals surface area (Å²) in [5.74, 6) is 0.664. The first-order valence-corrected chi connectivity index (χ1v) is 5.54. The molecule has 1 aliphatic carbocycles. The minimum atomic E-state index is 0.419. The van der Waals surface area contributed by atoms with E-state index in [0.717, 1.165) is 17.9 Å². The maximum absolute atomic E-state index is 5.87. The van der Waals surface area contributed by atoms with Crippen LogP contribution in [0.25, 0.3) is 0 Å². The highest BCUT2D eigenvalue weighted by atomic mass is 79.9. The van der Waals surface area contributed by atoms with Gasteiger partial charge in [-0.15, -0.1) is 0 Å². The molecule has 0 spiro atoms. The summed E-state index contributed by atoms with van der Waals surface area (Å²) >= 11 is 12.9. The van der Waals surface area contributed by atoms with Crippen molar-refractivity contribution in [2.75, 3.05) is 0 Å². The zero-order valence-corrected chi connectivity index (χ0v) is 9.42. The molecule has 1 aliphatic rings. The zero-order valence-electron chi connectivity index (χ0n) is 5.49. The fourth-order valence-corrected chi connectivity index (χ4v) is 2.31. The predicted molar refractivity (Wildman–Crippen MR) is 52.9 cm³/mol. The molecule has 0 aromatic carbocycles. The monoisotopic (exact) mass is 286 g/mol. The van der Waals surface area contributed by atoms with Crippen LogP contribution in [-0.2, 0) is 0 Å². The van der Waals surface area contributed by atoms with E-state index in [9.17, 15) is 0 Å². The Kier molecular flexibility index (Phi) is 3.75. The second kappa shape index (κ2) is 4.13. The minimum absolute atomic E-state index is 0.419. The van der Waals surface area contributed by atoms with Crippen LogP contribution in [0.15, 0.2) is 11.1 Å². The molecule has 0 nitrogen and oxygen atoms in total. The molecule has 0 unspecified atom stereocenters. The number of allylic oxidation sites excluding steroid dienone is 2. The normalized spacial score (nSPS) is 26.8. The quantitative estimate of drug-likeness (QED) is 0.639. The summed E-state index contributed by atoms with van der Waals surface area (Å²) < 4.78 is 0.419. The van der Waals surface area contributed by atoms with Crippen LogP contribution >= 0.6 is 43.5 Å². The standard InChI is InChI=1S/C7H9Br2Cl/c8-7(9)5-2-1-3-6(10)4-5/h3,5,7H,1-2,4H2/t5-/m1/s1. The van der Waals surface area contributed by atoms with Gasteiger partial charge < -0.3 is 0 Å². The molecular formula is C7H9Br2Cl. The molecule has 0 amide bonds. The second-order valence-corrected chi connectivity index (χ2v) is 6.21. The van der Waals surface area contributed by atoms with Crippen LogP contribution in [-0.4, -0.2) is 3.74 Å². The van der Waals surface area contributed by atoms with Crippen LogP contribution in [0.4, 0.5) is 0 Å². The predicted octanol–water partition coefficient (Wildman–Crippen LogP) is 4.03. The molecule has 1 atom stereocenters. The van der Waals surface area contributed by atoms with Gasteiger partial charge in [0, 0.05) is 5.03 Å². The highest BCUT2D eigenvalue weighted by Crippen LogP contribution is 2.34. The van der Waals surface area contributed by atoms with Crippen molar-refractivity contribution in [2.45, 2.75) is 23.0 Å². The lowest BCUT2D eigenvalue weighted by Crippen LogP contribution is -2.11. The van der Waals surface area contributed by atoms with Crippen LogP contribution in [0.2, 0.25) is 0 Å². The van der Waals surface area contributed by atoms with Crippen molar-refractivity contribution in [3.05, 3.63) is 11.1 Å². The fraction of sp³-hybridized carbons (Fsp3) is 0.714. The molecule has 0 aromatic rings. The molecule has 58 valence electrons. The van der Waals surface area contributed by atoms with E-state index in [4.69, 9.17) is 11.6 Å². The summed E-state index contributed by atoms with van der Waals surface area (Å²) in [4.78, 5) is 0. The largest absolute Gasteiger partial charge is 0.0895 e. The van der Waals surface area contributed by atoms with Gasteiger partial charge in [-0.05, 0) is 25.2 Å². The first-order valence-electron chi connectivity index (χ1n) is 3.33. The summed E-state index contributed by atoms with van der Waals surface area (Å²) in [7, 11) is 0. The van der Waals surface area contributed by atoms with E-state index in [-0.39, 0.29) is 0 Å². The molecule has 0 saturated carbocycles. The molecule has 3 heteroatoms. The lowest BCUT2D eigenvalue weighted by atomic mass is 9.96. The van der Waals surface area contributed by atoms with Gasteiger partial charge >= 0.3 is 0 Å². The molecule has 1 rings (SSSR count). The maximum atomic E-state index is 5.87. The van der Waals surface area contributed by atoms with Crippen molar-refractivity contribution in [3.63, 3.8) is 0 Å². The highest BCUT2D eigenvalue weighted by molar-refractivity contribution is 9.24. The first-order chi connectivity index (χ1) is 4.70. The summed E-state index contributed by atoms with van der Waals surface area (Å²) in [5.41, 5.74) is 0. The third kappa shape index (κ3) is 2.55. The Bertz CT molecular complexity index is 143. The Morgan fingerprint density at radius 2 is 2.30 bits per heavy atom. The van der Waals surface area contributed by atoms with Crippen molar-refractivity contribution >= 4 is 43.5 Å². The maximum Gasteiger partial charge on any atom is 0.0729 e. The van der Waals surface area contributed by atoms with Crippen LogP contribution < -0.4 is 0 Å². The van der Waals surface area contributed by atoms with E-state index in [0.29, 0.717) is 9.65 Å². The third-order valence-electron chi connectivity index (χ3n) is 1.72. The molecule has 0 N–H and O–H groups in total. The first kappa shape index (κ1) is 9.08. The highest BCUT2D eigenvalue weighted by Gasteiger charge is 2.19. The zero-order chi connectivity index (χ0) is 7.56.